The number of amides is 1. The summed E-state index contributed by atoms with van der Waals surface area (Å²) in [5.74, 6) is 0.809. The van der Waals surface area contributed by atoms with Crippen LogP contribution in [0.2, 0.25) is 0 Å². The van der Waals surface area contributed by atoms with Crippen molar-refractivity contribution in [1.82, 2.24) is 4.98 Å². The number of thioether (sulfide) groups is 1. The van der Waals surface area contributed by atoms with E-state index in [9.17, 15) is 4.79 Å². The van der Waals surface area contributed by atoms with Gasteiger partial charge in [-0.25, -0.2) is 0 Å². The van der Waals surface area contributed by atoms with Crippen molar-refractivity contribution in [2.75, 3.05) is 11.5 Å². The van der Waals surface area contributed by atoms with Gasteiger partial charge < -0.3 is 16.5 Å². The number of H-pyrrole nitrogens is 1. The summed E-state index contributed by atoms with van der Waals surface area (Å²) in [5, 5.41) is 0. The van der Waals surface area contributed by atoms with Gasteiger partial charge in [-0.3, -0.25) is 4.79 Å². The summed E-state index contributed by atoms with van der Waals surface area (Å²) in [6.07, 6.45) is 0. The molecule has 0 atom stereocenters. The van der Waals surface area contributed by atoms with Gasteiger partial charge in [-0.2, -0.15) is 0 Å². The minimum Gasteiger partial charge on any atom is -0.385 e. The molecule has 1 aromatic heterocycles. The number of aromatic nitrogens is 1. The Balaban J connectivity index is 2.39. The second-order valence-corrected chi connectivity index (χ2v) is 5.17. The molecule has 0 aliphatic heterocycles. The van der Waals surface area contributed by atoms with Gasteiger partial charge in [0.15, 0.2) is 0 Å². The second-order valence-electron chi connectivity index (χ2n) is 3.84. The number of benzene rings is 1. The van der Waals surface area contributed by atoms with Crippen molar-refractivity contribution >= 4 is 23.5 Å². The van der Waals surface area contributed by atoms with E-state index >= 15 is 0 Å². The monoisotopic (exact) mass is 261 g/mol. The quantitative estimate of drug-likeness (QED) is 0.739. The zero-order valence-corrected chi connectivity index (χ0v) is 10.9. The number of hydrogen-bond donors (Lipinski definition) is 3. The van der Waals surface area contributed by atoms with Gasteiger partial charge in [-0.05, 0) is 29.5 Å². The van der Waals surface area contributed by atoms with Crippen molar-refractivity contribution in [2.45, 2.75) is 11.8 Å². The van der Waals surface area contributed by atoms with Crippen LogP contribution in [-0.4, -0.2) is 16.6 Å². The molecule has 0 saturated carbocycles. The number of nitrogens with one attached hydrogen (secondary N) is 1. The number of anilines is 1. The van der Waals surface area contributed by atoms with Crippen LogP contribution in [0.5, 0.6) is 0 Å². The highest BCUT2D eigenvalue weighted by Gasteiger charge is 2.11. The van der Waals surface area contributed by atoms with E-state index in [0.717, 1.165) is 17.0 Å². The summed E-state index contributed by atoms with van der Waals surface area (Å²) < 4.78 is 0. The van der Waals surface area contributed by atoms with Crippen LogP contribution in [0.25, 0.3) is 11.3 Å². The van der Waals surface area contributed by atoms with Crippen molar-refractivity contribution in [3.8, 4) is 11.3 Å². The average Bonchev–Trinajstić information content (AvgIpc) is 2.72. The highest BCUT2D eigenvalue weighted by Crippen LogP contribution is 2.27. The van der Waals surface area contributed by atoms with E-state index in [0.29, 0.717) is 11.4 Å². The zero-order chi connectivity index (χ0) is 13.1. The lowest BCUT2D eigenvalue weighted by Gasteiger charge is -2.02. The van der Waals surface area contributed by atoms with E-state index in [2.05, 4.69) is 24.0 Å². The van der Waals surface area contributed by atoms with Crippen LogP contribution < -0.4 is 11.5 Å². The molecule has 0 radical (unpaired) electrons. The molecule has 0 fully saturated rings. The van der Waals surface area contributed by atoms with Crippen LogP contribution in [0.15, 0.2) is 35.2 Å². The lowest BCUT2D eigenvalue weighted by Crippen LogP contribution is -2.11. The number of nitrogens with two attached hydrogens (primary N) is 2. The molecule has 4 nitrogen and oxygen atoms in total. The van der Waals surface area contributed by atoms with Gasteiger partial charge in [0.25, 0.3) is 5.91 Å². The molecule has 0 saturated heterocycles. The largest absolute Gasteiger partial charge is 0.385 e. The third-order valence-electron chi connectivity index (χ3n) is 2.57. The van der Waals surface area contributed by atoms with E-state index in [1.165, 1.54) is 4.90 Å². The van der Waals surface area contributed by atoms with Crippen LogP contribution in [0.1, 0.15) is 17.3 Å². The lowest BCUT2D eigenvalue weighted by molar-refractivity contribution is 0.100. The smallest absolute Gasteiger partial charge is 0.252 e. The Hall–Kier alpha value is -1.88. The molecule has 94 valence electrons. The van der Waals surface area contributed by atoms with Crippen molar-refractivity contribution < 1.29 is 4.79 Å². The van der Waals surface area contributed by atoms with E-state index in [-0.39, 0.29) is 0 Å². The minimum absolute atomic E-state index is 0.311. The molecule has 5 N–H and O–H groups in total. The van der Waals surface area contributed by atoms with Crippen molar-refractivity contribution in [3.05, 3.63) is 35.9 Å². The number of nitrogen functional groups attached to an aromatic ring is 1. The molecule has 0 aliphatic carbocycles. The normalized spacial score (nSPS) is 10.5. The number of hydrogen-bond acceptors (Lipinski definition) is 3. The van der Waals surface area contributed by atoms with Gasteiger partial charge in [-0.15, -0.1) is 11.8 Å². The summed E-state index contributed by atoms with van der Waals surface area (Å²) in [6.45, 7) is 2.11. The van der Waals surface area contributed by atoms with E-state index in [1.807, 2.05) is 12.1 Å². The predicted octanol–water partition coefficient (Wildman–Crippen LogP) is 2.47. The molecular formula is C13H15N3OS. The SMILES string of the molecule is CCSc1cccc(-c2cc(C(N)=O)c(N)[nH]2)c1. The molecule has 0 aliphatic rings. The Morgan fingerprint density at radius 2 is 2.17 bits per heavy atom. The Morgan fingerprint density at radius 1 is 1.39 bits per heavy atom. The summed E-state index contributed by atoms with van der Waals surface area (Å²) in [7, 11) is 0. The number of rotatable bonds is 4. The Labute approximate surface area is 110 Å². The fourth-order valence-electron chi connectivity index (χ4n) is 1.75. The molecule has 18 heavy (non-hydrogen) atoms. The van der Waals surface area contributed by atoms with Gasteiger partial charge in [0.1, 0.15) is 5.82 Å². The van der Waals surface area contributed by atoms with Gasteiger partial charge in [0.05, 0.1) is 5.56 Å². The molecule has 0 spiro atoms. The van der Waals surface area contributed by atoms with Crippen molar-refractivity contribution in [2.24, 2.45) is 5.73 Å². The molecule has 5 heteroatoms. The number of aromatic amines is 1. The molecule has 1 heterocycles. The van der Waals surface area contributed by atoms with Crippen LogP contribution in [0.3, 0.4) is 0 Å². The van der Waals surface area contributed by atoms with E-state index in [4.69, 9.17) is 11.5 Å². The van der Waals surface area contributed by atoms with Crippen LogP contribution in [-0.2, 0) is 0 Å². The molecule has 2 rings (SSSR count). The van der Waals surface area contributed by atoms with Crippen LogP contribution in [0.4, 0.5) is 5.82 Å². The molecule has 1 amide bonds. The first-order chi connectivity index (χ1) is 8.61. The number of carbonyl (C=O) groups is 1. The molecule has 0 unspecified atom stereocenters. The lowest BCUT2D eigenvalue weighted by atomic mass is 10.1. The predicted molar refractivity (Wildman–Crippen MR) is 75.6 cm³/mol. The highest BCUT2D eigenvalue weighted by molar-refractivity contribution is 7.99. The van der Waals surface area contributed by atoms with Gasteiger partial charge in [-0.1, -0.05) is 19.1 Å². The summed E-state index contributed by atoms with van der Waals surface area (Å²) in [6, 6.07) is 9.75. The summed E-state index contributed by atoms with van der Waals surface area (Å²) >= 11 is 1.76. The average molecular weight is 261 g/mol. The Kier molecular flexibility index (Phi) is 3.62. The molecule has 0 bridgehead atoms. The highest BCUT2D eigenvalue weighted by atomic mass is 32.2. The fraction of sp³-hybridized carbons (Fsp3) is 0.154. The third-order valence-corrected chi connectivity index (χ3v) is 3.45. The maximum atomic E-state index is 11.2. The van der Waals surface area contributed by atoms with Crippen LogP contribution in [0, 0.1) is 0 Å². The van der Waals surface area contributed by atoms with Gasteiger partial charge >= 0.3 is 0 Å². The summed E-state index contributed by atoms with van der Waals surface area (Å²) in [5.41, 5.74) is 13.1. The number of carbonyl (C=O) groups excluding carboxylic acids is 1. The molecular weight excluding hydrogens is 246 g/mol. The Bertz CT molecular complexity index is 577. The second kappa shape index (κ2) is 5.18. The first-order valence-corrected chi connectivity index (χ1v) is 6.62. The molecule has 2 aromatic rings. The standard InChI is InChI=1S/C13H15N3OS/c1-2-18-9-5-3-4-8(6-9)11-7-10(13(15)17)12(14)16-11/h3-7,16H,2,14H2,1H3,(H2,15,17). The summed E-state index contributed by atoms with van der Waals surface area (Å²) in [4.78, 5) is 15.3. The van der Waals surface area contributed by atoms with Gasteiger partial charge in [0, 0.05) is 10.6 Å². The van der Waals surface area contributed by atoms with Crippen LogP contribution >= 0.6 is 11.8 Å². The van der Waals surface area contributed by atoms with Gasteiger partial charge in [0.2, 0.25) is 0 Å². The van der Waals surface area contributed by atoms with Crippen molar-refractivity contribution in [1.29, 1.82) is 0 Å². The fourth-order valence-corrected chi connectivity index (χ4v) is 2.47. The van der Waals surface area contributed by atoms with E-state index in [1.54, 1.807) is 17.8 Å². The topological polar surface area (TPSA) is 84.9 Å². The zero-order valence-electron chi connectivity index (χ0n) is 10.1. The maximum absolute atomic E-state index is 11.2. The number of primary amides is 1. The third kappa shape index (κ3) is 2.51. The van der Waals surface area contributed by atoms with E-state index < -0.39 is 5.91 Å². The first-order valence-electron chi connectivity index (χ1n) is 5.63. The Morgan fingerprint density at radius 3 is 2.78 bits per heavy atom. The first kappa shape index (κ1) is 12.6. The molecule has 1 aromatic carbocycles. The van der Waals surface area contributed by atoms with Crippen molar-refractivity contribution in [3.63, 3.8) is 0 Å². The maximum Gasteiger partial charge on any atom is 0.252 e. The minimum atomic E-state index is -0.519.